The molecule has 0 unspecified atom stereocenters. The first-order chi connectivity index (χ1) is 10.1. The van der Waals surface area contributed by atoms with E-state index < -0.39 is 5.82 Å². The number of pyridine rings is 1. The van der Waals surface area contributed by atoms with Crippen LogP contribution < -0.4 is 5.73 Å². The SMILES string of the molecule is Cn1nc(-c2cccnc2)c(-c2cccc(Cl)c2F)c1N. The summed E-state index contributed by atoms with van der Waals surface area (Å²) < 4.78 is 15.8. The van der Waals surface area contributed by atoms with Crippen LogP contribution in [0.25, 0.3) is 22.4 Å². The Hall–Kier alpha value is -2.40. The van der Waals surface area contributed by atoms with Gasteiger partial charge in [-0.2, -0.15) is 5.10 Å². The summed E-state index contributed by atoms with van der Waals surface area (Å²) >= 11 is 5.87. The highest BCUT2D eigenvalue weighted by atomic mass is 35.5. The molecule has 0 fully saturated rings. The summed E-state index contributed by atoms with van der Waals surface area (Å²) in [6, 6.07) is 8.45. The third-order valence-electron chi connectivity index (χ3n) is 3.25. The summed E-state index contributed by atoms with van der Waals surface area (Å²) in [6.07, 6.45) is 3.32. The van der Waals surface area contributed by atoms with Crippen LogP contribution in [-0.4, -0.2) is 14.8 Å². The van der Waals surface area contributed by atoms with Crippen LogP contribution >= 0.6 is 11.6 Å². The topological polar surface area (TPSA) is 56.7 Å². The molecule has 0 aliphatic rings. The van der Waals surface area contributed by atoms with Gasteiger partial charge in [-0.05, 0) is 18.2 Å². The number of aromatic nitrogens is 3. The fourth-order valence-electron chi connectivity index (χ4n) is 2.20. The van der Waals surface area contributed by atoms with E-state index in [0.717, 1.165) is 5.56 Å². The zero-order valence-corrected chi connectivity index (χ0v) is 12.0. The van der Waals surface area contributed by atoms with Gasteiger partial charge in [-0.15, -0.1) is 0 Å². The molecule has 106 valence electrons. The number of nitrogens with two attached hydrogens (primary N) is 1. The van der Waals surface area contributed by atoms with E-state index in [1.807, 2.05) is 6.07 Å². The number of hydrogen-bond acceptors (Lipinski definition) is 3. The van der Waals surface area contributed by atoms with Crippen molar-refractivity contribution in [1.29, 1.82) is 0 Å². The highest BCUT2D eigenvalue weighted by Gasteiger charge is 2.21. The predicted molar refractivity (Wildman–Crippen MR) is 81.3 cm³/mol. The van der Waals surface area contributed by atoms with Crippen molar-refractivity contribution in [2.24, 2.45) is 7.05 Å². The molecule has 0 saturated heterocycles. The Morgan fingerprint density at radius 2 is 2.05 bits per heavy atom. The van der Waals surface area contributed by atoms with Gasteiger partial charge in [-0.3, -0.25) is 9.67 Å². The van der Waals surface area contributed by atoms with Gasteiger partial charge in [-0.25, -0.2) is 4.39 Å². The zero-order valence-electron chi connectivity index (χ0n) is 11.2. The van der Waals surface area contributed by atoms with E-state index in [2.05, 4.69) is 10.1 Å². The summed E-state index contributed by atoms with van der Waals surface area (Å²) in [6.45, 7) is 0. The minimum Gasteiger partial charge on any atom is -0.383 e. The van der Waals surface area contributed by atoms with Gasteiger partial charge in [0, 0.05) is 30.6 Å². The fraction of sp³-hybridized carbons (Fsp3) is 0.0667. The minimum absolute atomic E-state index is 0.0490. The maximum atomic E-state index is 14.3. The summed E-state index contributed by atoms with van der Waals surface area (Å²) in [5, 5.41) is 4.42. The van der Waals surface area contributed by atoms with Gasteiger partial charge in [-0.1, -0.05) is 23.7 Å². The summed E-state index contributed by atoms with van der Waals surface area (Å²) in [4.78, 5) is 4.06. The molecule has 4 nitrogen and oxygen atoms in total. The van der Waals surface area contributed by atoms with Crippen molar-refractivity contribution < 1.29 is 4.39 Å². The molecular weight excluding hydrogens is 291 g/mol. The van der Waals surface area contributed by atoms with Crippen molar-refractivity contribution in [3.05, 3.63) is 53.6 Å². The lowest BCUT2D eigenvalue weighted by molar-refractivity contribution is 0.632. The Kier molecular flexibility index (Phi) is 3.35. The first-order valence-corrected chi connectivity index (χ1v) is 6.64. The fourth-order valence-corrected chi connectivity index (χ4v) is 2.38. The number of nitrogen functional groups attached to an aromatic ring is 1. The average molecular weight is 303 g/mol. The van der Waals surface area contributed by atoms with Gasteiger partial charge in [0.1, 0.15) is 17.3 Å². The molecule has 0 aliphatic heterocycles. The van der Waals surface area contributed by atoms with Crippen LogP contribution in [-0.2, 0) is 7.05 Å². The van der Waals surface area contributed by atoms with Gasteiger partial charge in [0.25, 0.3) is 0 Å². The molecule has 0 amide bonds. The quantitative estimate of drug-likeness (QED) is 0.788. The van der Waals surface area contributed by atoms with Crippen LogP contribution in [0.1, 0.15) is 0 Å². The first kappa shape index (κ1) is 13.6. The van der Waals surface area contributed by atoms with Crippen LogP contribution in [0, 0.1) is 5.82 Å². The molecule has 2 aromatic heterocycles. The number of halogens is 2. The minimum atomic E-state index is -0.510. The molecule has 0 atom stereocenters. The van der Waals surface area contributed by atoms with Gasteiger partial charge in [0.05, 0.1) is 10.6 Å². The van der Waals surface area contributed by atoms with Gasteiger partial charge >= 0.3 is 0 Å². The third kappa shape index (κ3) is 2.25. The molecule has 1 aromatic carbocycles. The van der Waals surface area contributed by atoms with Crippen LogP contribution in [0.3, 0.4) is 0 Å². The lowest BCUT2D eigenvalue weighted by Gasteiger charge is -2.06. The molecule has 2 N–H and O–H groups in total. The van der Waals surface area contributed by atoms with Gasteiger partial charge in [0.2, 0.25) is 0 Å². The number of aryl methyl sites for hydroxylation is 1. The zero-order chi connectivity index (χ0) is 15.0. The number of hydrogen-bond donors (Lipinski definition) is 1. The van der Waals surface area contributed by atoms with Crippen molar-refractivity contribution in [3.63, 3.8) is 0 Å². The van der Waals surface area contributed by atoms with Crippen LogP contribution in [0.2, 0.25) is 5.02 Å². The van der Waals surface area contributed by atoms with Crippen LogP contribution in [0.4, 0.5) is 10.2 Å². The lowest BCUT2D eigenvalue weighted by atomic mass is 10.0. The monoisotopic (exact) mass is 302 g/mol. The maximum absolute atomic E-state index is 14.3. The summed E-state index contributed by atoms with van der Waals surface area (Å²) in [7, 11) is 1.71. The van der Waals surface area contributed by atoms with Crippen LogP contribution in [0.15, 0.2) is 42.7 Å². The molecule has 3 rings (SSSR count). The lowest BCUT2D eigenvalue weighted by Crippen LogP contribution is -1.98. The standard InChI is InChI=1S/C15H12ClFN4/c1-21-15(18)12(10-5-2-6-11(16)13(10)17)14(20-21)9-4-3-7-19-8-9/h2-8H,18H2,1H3. The largest absolute Gasteiger partial charge is 0.383 e. The maximum Gasteiger partial charge on any atom is 0.149 e. The Morgan fingerprint density at radius 1 is 1.24 bits per heavy atom. The van der Waals surface area contributed by atoms with E-state index in [0.29, 0.717) is 22.6 Å². The second-order valence-electron chi connectivity index (χ2n) is 4.58. The molecule has 0 saturated carbocycles. The van der Waals surface area contributed by atoms with E-state index in [1.165, 1.54) is 10.7 Å². The summed E-state index contributed by atoms with van der Waals surface area (Å²) in [5.41, 5.74) is 8.24. The Balaban J connectivity index is 2.30. The smallest absolute Gasteiger partial charge is 0.149 e. The van der Waals surface area contributed by atoms with E-state index in [-0.39, 0.29) is 5.02 Å². The Morgan fingerprint density at radius 3 is 2.76 bits per heavy atom. The summed E-state index contributed by atoms with van der Waals surface area (Å²) in [5.74, 6) is -0.140. The molecule has 21 heavy (non-hydrogen) atoms. The average Bonchev–Trinajstić information content (AvgIpc) is 2.79. The predicted octanol–water partition coefficient (Wildman–Crippen LogP) is 3.52. The Labute approximate surface area is 126 Å². The molecule has 0 aliphatic carbocycles. The van der Waals surface area contributed by atoms with Crippen molar-refractivity contribution >= 4 is 17.4 Å². The second-order valence-corrected chi connectivity index (χ2v) is 4.98. The van der Waals surface area contributed by atoms with E-state index in [9.17, 15) is 4.39 Å². The highest BCUT2D eigenvalue weighted by Crippen LogP contribution is 2.38. The third-order valence-corrected chi connectivity index (χ3v) is 3.54. The normalized spacial score (nSPS) is 10.8. The number of nitrogens with zero attached hydrogens (tertiary/aromatic N) is 3. The first-order valence-electron chi connectivity index (χ1n) is 6.27. The molecular formula is C15H12ClFN4. The van der Waals surface area contributed by atoms with E-state index in [1.54, 1.807) is 37.6 Å². The van der Waals surface area contributed by atoms with E-state index >= 15 is 0 Å². The molecule has 0 spiro atoms. The molecule has 3 aromatic rings. The van der Waals surface area contributed by atoms with E-state index in [4.69, 9.17) is 17.3 Å². The Bertz CT molecular complexity index is 799. The van der Waals surface area contributed by atoms with Crippen molar-refractivity contribution in [2.75, 3.05) is 5.73 Å². The molecule has 6 heteroatoms. The number of anilines is 1. The molecule has 0 radical (unpaired) electrons. The van der Waals surface area contributed by atoms with Crippen molar-refractivity contribution in [2.45, 2.75) is 0 Å². The van der Waals surface area contributed by atoms with Gasteiger partial charge < -0.3 is 5.73 Å². The highest BCUT2D eigenvalue weighted by molar-refractivity contribution is 6.31. The molecule has 2 heterocycles. The molecule has 0 bridgehead atoms. The van der Waals surface area contributed by atoms with Crippen molar-refractivity contribution in [3.8, 4) is 22.4 Å². The number of rotatable bonds is 2. The van der Waals surface area contributed by atoms with Crippen molar-refractivity contribution in [1.82, 2.24) is 14.8 Å². The van der Waals surface area contributed by atoms with Crippen LogP contribution in [0.5, 0.6) is 0 Å². The van der Waals surface area contributed by atoms with Gasteiger partial charge in [0.15, 0.2) is 0 Å². The second kappa shape index (κ2) is 5.18. The number of benzene rings is 1.